The molecular weight excluding hydrogens is 330 g/mol. The maximum Gasteiger partial charge on any atom is 0.278 e. The largest absolute Gasteiger partial charge is 0.384 e. The van der Waals surface area contributed by atoms with Crippen molar-refractivity contribution in [2.24, 2.45) is 5.73 Å². The van der Waals surface area contributed by atoms with E-state index >= 15 is 0 Å². The van der Waals surface area contributed by atoms with Crippen LogP contribution in [-0.2, 0) is 6.54 Å². The lowest BCUT2D eigenvalue weighted by Gasteiger charge is -2.05. The fraction of sp³-hybridized carbons (Fsp3) is 0.0526. The van der Waals surface area contributed by atoms with Gasteiger partial charge in [-0.05, 0) is 17.7 Å². The van der Waals surface area contributed by atoms with Gasteiger partial charge in [-0.1, -0.05) is 42.5 Å². The third-order valence-electron chi connectivity index (χ3n) is 3.79. The first-order valence-electron chi connectivity index (χ1n) is 7.90. The minimum absolute atomic E-state index is 0.00363. The number of carbonyl (C=O) groups is 2. The number of hydrogen-bond acceptors (Lipinski definition) is 4. The Kier molecular flexibility index (Phi) is 4.89. The van der Waals surface area contributed by atoms with Gasteiger partial charge in [-0.15, -0.1) is 0 Å². The first-order valence-corrected chi connectivity index (χ1v) is 7.90. The lowest BCUT2D eigenvalue weighted by Crippen LogP contribution is -2.22. The zero-order valence-corrected chi connectivity index (χ0v) is 13.8. The van der Waals surface area contributed by atoms with Crippen LogP contribution in [0.1, 0.15) is 31.8 Å². The highest BCUT2D eigenvalue weighted by molar-refractivity contribution is 5.98. The molecule has 1 heterocycles. The van der Waals surface area contributed by atoms with Crippen molar-refractivity contribution in [3.05, 3.63) is 89.2 Å². The van der Waals surface area contributed by atoms with Crippen molar-refractivity contribution in [1.29, 1.82) is 5.41 Å². The minimum Gasteiger partial charge on any atom is -0.384 e. The van der Waals surface area contributed by atoms with E-state index in [0.717, 1.165) is 10.2 Å². The number of aromatic nitrogens is 2. The standard InChI is InChI=1S/C19H17N5O2/c20-17(21)14-8-6-13(7-9-14)10-22-18(25)16-11-23-24(12-16)19(26)15-4-2-1-3-5-15/h1-9,11-12H,10H2,(H3,20,21)(H,22,25). The number of nitrogens with one attached hydrogen (secondary N) is 2. The fourth-order valence-corrected chi connectivity index (χ4v) is 2.35. The zero-order valence-electron chi connectivity index (χ0n) is 13.8. The van der Waals surface area contributed by atoms with E-state index in [2.05, 4.69) is 10.4 Å². The molecule has 0 fully saturated rings. The van der Waals surface area contributed by atoms with E-state index in [1.807, 2.05) is 6.07 Å². The minimum atomic E-state index is -0.326. The Balaban J connectivity index is 1.63. The second-order valence-corrected chi connectivity index (χ2v) is 5.64. The molecule has 1 amide bonds. The van der Waals surface area contributed by atoms with Crippen molar-refractivity contribution in [2.45, 2.75) is 6.54 Å². The summed E-state index contributed by atoms with van der Waals surface area (Å²) in [7, 11) is 0. The van der Waals surface area contributed by atoms with Gasteiger partial charge in [-0.25, -0.2) is 4.68 Å². The molecule has 0 aliphatic heterocycles. The number of amidine groups is 1. The molecule has 4 N–H and O–H groups in total. The molecule has 1 aromatic heterocycles. The summed E-state index contributed by atoms with van der Waals surface area (Å²) >= 11 is 0. The Morgan fingerprint density at radius 1 is 1.00 bits per heavy atom. The number of nitrogens with two attached hydrogens (primary N) is 1. The molecule has 0 atom stereocenters. The van der Waals surface area contributed by atoms with Crippen molar-refractivity contribution in [1.82, 2.24) is 15.1 Å². The van der Waals surface area contributed by atoms with Gasteiger partial charge in [0.15, 0.2) is 0 Å². The van der Waals surface area contributed by atoms with E-state index in [4.69, 9.17) is 11.1 Å². The van der Waals surface area contributed by atoms with Crippen LogP contribution in [0, 0.1) is 5.41 Å². The van der Waals surface area contributed by atoms with Crippen LogP contribution in [0.2, 0.25) is 0 Å². The molecule has 0 saturated heterocycles. The van der Waals surface area contributed by atoms with Gasteiger partial charge in [0.1, 0.15) is 5.84 Å². The number of rotatable bonds is 5. The zero-order chi connectivity index (χ0) is 18.5. The first kappa shape index (κ1) is 17.1. The molecule has 0 radical (unpaired) electrons. The van der Waals surface area contributed by atoms with Gasteiger partial charge in [-0.3, -0.25) is 15.0 Å². The molecule has 7 heteroatoms. The van der Waals surface area contributed by atoms with E-state index < -0.39 is 0 Å². The number of carbonyl (C=O) groups excluding carboxylic acids is 2. The molecule has 3 rings (SSSR count). The number of nitrogens with zero attached hydrogens (tertiary/aromatic N) is 2. The van der Waals surface area contributed by atoms with Gasteiger partial charge in [0.2, 0.25) is 0 Å². The van der Waals surface area contributed by atoms with Crippen LogP contribution in [0.4, 0.5) is 0 Å². The molecule has 0 spiro atoms. The molecule has 2 aromatic carbocycles. The molecule has 0 unspecified atom stereocenters. The van der Waals surface area contributed by atoms with Crippen LogP contribution in [0.5, 0.6) is 0 Å². The second-order valence-electron chi connectivity index (χ2n) is 5.64. The maximum absolute atomic E-state index is 12.3. The SMILES string of the molecule is N=C(N)c1ccc(CNC(=O)c2cnn(C(=O)c3ccccc3)c2)cc1. The maximum atomic E-state index is 12.3. The molecule has 0 aliphatic rings. The quantitative estimate of drug-likeness (QED) is 0.482. The lowest BCUT2D eigenvalue weighted by atomic mass is 10.1. The van der Waals surface area contributed by atoms with E-state index in [-0.39, 0.29) is 17.6 Å². The van der Waals surface area contributed by atoms with Crippen molar-refractivity contribution >= 4 is 17.6 Å². The number of nitrogen functional groups attached to an aromatic ring is 1. The number of amides is 1. The van der Waals surface area contributed by atoms with E-state index in [1.165, 1.54) is 12.4 Å². The summed E-state index contributed by atoms with van der Waals surface area (Å²) in [5.41, 5.74) is 7.70. The van der Waals surface area contributed by atoms with Gasteiger partial charge >= 0.3 is 0 Å². The average molecular weight is 347 g/mol. The van der Waals surface area contributed by atoms with Crippen LogP contribution >= 0.6 is 0 Å². The Bertz CT molecular complexity index is 946. The topological polar surface area (TPSA) is 114 Å². The molecule has 3 aromatic rings. The summed E-state index contributed by atoms with van der Waals surface area (Å²) in [5.74, 6) is -0.631. The second kappa shape index (κ2) is 7.43. The summed E-state index contributed by atoms with van der Waals surface area (Å²) in [6, 6.07) is 15.8. The highest BCUT2D eigenvalue weighted by Crippen LogP contribution is 2.06. The summed E-state index contributed by atoms with van der Waals surface area (Å²) in [5, 5.41) is 14.1. The number of benzene rings is 2. The normalized spacial score (nSPS) is 10.3. The van der Waals surface area contributed by atoms with Crippen LogP contribution in [0.25, 0.3) is 0 Å². The molecule has 7 nitrogen and oxygen atoms in total. The smallest absolute Gasteiger partial charge is 0.278 e. The van der Waals surface area contributed by atoms with Crippen LogP contribution in [-0.4, -0.2) is 27.4 Å². The van der Waals surface area contributed by atoms with Crippen LogP contribution < -0.4 is 11.1 Å². The Hall–Kier alpha value is -3.74. The van der Waals surface area contributed by atoms with E-state index in [0.29, 0.717) is 23.2 Å². The monoisotopic (exact) mass is 347 g/mol. The fourth-order valence-electron chi connectivity index (χ4n) is 2.35. The van der Waals surface area contributed by atoms with Gasteiger partial charge in [0.05, 0.1) is 11.8 Å². The highest BCUT2D eigenvalue weighted by atomic mass is 16.2. The van der Waals surface area contributed by atoms with Crippen molar-refractivity contribution in [3.63, 3.8) is 0 Å². The van der Waals surface area contributed by atoms with Gasteiger partial charge in [0.25, 0.3) is 11.8 Å². The average Bonchev–Trinajstić information content (AvgIpc) is 3.17. The van der Waals surface area contributed by atoms with E-state index in [1.54, 1.807) is 48.5 Å². The van der Waals surface area contributed by atoms with Crippen molar-refractivity contribution in [2.75, 3.05) is 0 Å². The predicted molar refractivity (Wildman–Crippen MR) is 97.0 cm³/mol. The summed E-state index contributed by atoms with van der Waals surface area (Å²) < 4.78 is 1.14. The Morgan fingerprint density at radius 2 is 1.69 bits per heavy atom. The van der Waals surface area contributed by atoms with Crippen LogP contribution in [0.3, 0.4) is 0 Å². The highest BCUT2D eigenvalue weighted by Gasteiger charge is 2.13. The predicted octanol–water partition coefficient (Wildman–Crippen LogP) is 1.79. The van der Waals surface area contributed by atoms with Crippen molar-refractivity contribution < 1.29 is 9.59 Å². The summed E-state index contributed by atoms with van der Waals surface area (Å²) in [6.45, 7) is 0.314. The van der Waals surface area contributed by atoms with Crippen molar-refractivity contribution in [3.8, 4) is 0 Å². The Labute approximate surface area is 150 Å². The van der Waals surface area contributed by atoms with Gasteiger partial charge < -0.3 is 11.1 Å². The molecule has 0 saturated carbocycles. The van der Waals surface area contributed by atoms with Gasteiger partial charge in [-0.2, -0.15) is 5.10 Å². The molecular formula is C19H17N5O2. The third kappa shape index (κ3) is 3.84. The van der Waals surface area contributed by atoms with Gasteiger partial charge in [0, 0.05) is 23.9 Å². The number of hydrogen-bond donors (Lipinski definition) is 3. The molecule has 0 bridgehead atoms. The first-order chi connectivity index (χ1) is 12.5. The lowest BCUT2D eigenvalue weighted by molar-refractivity contribution is 0.0945. The molecule has 0 aliphatic carbocycles. The molecule has 130 valence electrons. The molecule has 26 heavy (non-hydrogen) atoms. The van der Waals surface area contributed by atoms with E-state index in [9.17, 15) is 9.59 Å². The third-order valence-corrected chi connectivity index (χ3v) is 3.79. The van der Waals surface area contributed by atoms with Crippen LogP contribution in [0.15, 0.2) is 67.0 Å². The summed E-state index contributed by atoms with van der Waals surface area (Å²) in [6.07, 6.45) is 2.76. The Morgan fingerprint density at radius 3 is 2.35 bits per heavy atom. The summed E-state index contributed by atoms with van der Waals surface area (Å²) in [4.78, 5) is 24.5.